The summed E-state index contributed by atoms with van der Waals surface area (Å²) in [6.45, 7) is 0. The van der Waals surface area contributed by atoms with Crippen LogP contribution in [0.2, 0.25) is 19.8 Å². The van der Waals surface area contributed by atoms with Gasteiger partial charge in [-0.1, -0.05) is 0 Å². The van der Waals surface area contributed by atoms with Crippen molar-refractivity contribution in [1.82, 2.24) is 4.98 Å². The van der Waals surface area contributed by atoms with Crippen molar-refractivity contribution in [1.29, 1.82) is 0 Å². The number of aromatic nitrogens is 1. The molecule has 0 spiro atoms. The average molecular weight is 276 g/mol. The first-order valence-electron chi connectivity index (χ1n) is 3.61. The maximum atomic E-state index is 5.82. The Morgan fingerprint density at radius 3 is 2.27 bits per heavy atom. The predicted molar refractivity (Wildman–Crippen MR) is 52.2 cm³/mol. The molecule has 11 heavy (non-hydrogen) atoms. The van der Waals surface area contributed by atoms with E-state index in [0.717, 1.165) is 5.02 Å². The van der Waals surface area contributed by atoms with Gasteiger partial charge in [-0.2, -0.15) is 0 Å². The first-order chi connectivity index (χ1) is 5.00. The van der Waals surface area contributed by atoms with Crippen LogP contribution in [0, 0.1) is 0 Å². The Hall–Kier alpha value is 0.239. The minimum absolute atomic E-state index is 0.758. The van der Waals surface area contributed by atoms with E-state index in [1.54, 1.807) is 6.20 Å². The third-order valence-corrected chi connectivity index (χ3v) is 7.50. The van der Waals surface area contributed by atoms with Crippen LogP contribution >= 0.6 is 11.6 Å². The molecule has 0 atom stereocenters. The second-order valence-corrected chi connectivity index (χ2v) is 18.6. The van der Waals surface area contributed by atoms with Gasteiger partial charge in [-0.3, -0.25) is 0 Å². The van der Waals surface area contributed by atoms with Gasteiger partial charge in [-0.05, 0) is 0 Å². The summed E-state index contributed by atoms with van der Waals surface area (Å²) >= 11 is 3.92. The third-order valence-electron chi connectivity index (χ3n) is 1.57. The fourth-order valence-corrected chi connectivity index (χ4v) is 4.25. The quantitative estimate of drug-likeness (QED) is 0.717. The van der Waals surface area contributed by atoms with Gasteiger partial charge in [-0.15, -0.1) is 0 Å². The molecule has 0 aliphatic heterocycles. The van der Waals surface area contributed by atoms with Gasteiger partial charge in [0.15, 0.2) is 0 Å². The van der Waals surface area contributed by atoms with Crippen LogP contribution in [-0.2, 0) is 0 Å². The molecule has 0 bridgehead atoms. The van der Waals surface area contributed by atoms with E-state index in [0.29, 0.717) is 0 Å². The summed E-state index contributed by atoms with van der Waals surface area (Å²) in [5.41, 5.74) is 0. The second-order valence-electron chi connectivity index (χ2n) is 3.64. The summed E-state index contributed by atoms with van der Waals surface area (Å²) in [5.74, 6) is 0. The zero-order valence-corrected chi connectivity index (χ0v) is 10.7. The van der Waals surface area contributed by atoms with Crippen molar-refractivity contribution in [2.45, 2.75) is 14.8 Å². The van der Waals surface area contributed by atoms with Crippen LogP contribution < -0.4 is 3.58 Å². The molecule has 0 unspecified atom stereocenters. The topological polar surface area (TPSA) is 12.9 Å². The van der Waals surface area contributed by atoms with Crippen molar-refractivity contribution < 1.29 is 0 Å². The average Bonchev–Trinajstić information content (AvgIpc) is 1.86. The summed E-state index contributed by atoms with van der Waals surface area (Å²) in [7, 11) is 0. The van der Waals surface area contributed by atoms with Crippen LogP contribution in [0.4, 0.5) is 0 Å². The van der Waals surface area contributed by atoms with Crippen molar-refractivity contribution in [3.8, 4) is 0 Å². The van der Waals surface area contributed by atoms with Gasteiger partial charge < -0.3 is 0 Å². The van der Waals surface area contributed by atoms with Crippen molar-refractivity contribution in [2.75, 3.05) is 0 Å². The Balaban J connectivity index is 3.06. The van der Waals surface area contributed by atoms with Gasteiger partial charge in [0.2, 0.25) is 0 Å². The Kier molecular flexibility index (Phi) is 2.81. The Morgan fingerprint density at radius 2 is 1.91 bits per heavy atom. The summed E-state index contributed by atoms with van der Waals surface area (Å²) < 4.78 is 1.38. The van der Waals surface area contributed by atoms with E-state index in [-0.39, 0.29) is 0 Å². The number of hydrogen-bond donors (Lipinski definition) is 0. The first kappa shape index (κ1) is 9.33. The summed E-state index contributed by atoms with van der Waals surface area (Å²) in [6, 6.07) is 2.05. The number of rotatable bonds is 1. The standard InChI is InChI=1S/C5H3ClN.3CH3.Sn/c6-5-2-1-3-7-4-5;;;;/h2-4H;3*1H3;. The molecular formula is C8H12ClNSn. The molecule has 0 saturated carbocycles. The number of pyridine rings is 1. The van der Waals surface area contributed by atoms with Crippen LogP contribution in [-0.4, -0.2) is 23.4 Å². The maximum absolute atomic E-state index is 5.82. The van der Waals surface area contributed by atoms with Gasteiger partial charge in [0.05, 0.1) is 0 Å². The molecule has 1 nitrogen and oxygen atoms in total. The van der Waals surface area contributed by atoms with Crippen LogP contribution in [0.3, 0.4) is 0 Å². The molecule has 0 aromatic carbocycles. The summed E-state index contributed by atoms with van der Waals surface area (Å²) in [4.78, 5) is 11.1. The Morgan fingerprint density at radius 1 is 1.27 bits per heavy atom. The number of nitrogens with zero attached hydrogens (tertiary/aromatic N) is 1. The second kappa shape index (κ2) is 3.31. The van der Waals surface area contributed by atoms with Gasteiger partial charge >= 0.3 is 76.8 Å². The summed E-state index contributed by atoms with van der Waals surface area (Å²) in [6.07, 6.45) is 3.63. The van der Waals surface area contributed by atoms with Crippen molar-refractivity contribution in [3.05, 3.63) is 23.5 Å². The molecule has 0 saturated heterocycles. The fourth-order valence-electron chi connectivity index (χ4n) is 0.822. The van der Waals surface area contributed by atoms with Crippen molar-refractivity contribution in [3.63, 3.8) is 0 Å². The van der Waals surface area contributed by atoms with E-state index in [4.69, 9.17) is 11.6 Å². The first-order valence-corrected chi connectivity index (χ1v) is 14.0. The monoisotopic (exact) mass is 277 g/mol. The van der Waals surface area contributed by atoms with Crippen molar-refractivity contribution >= 4 is 33.6 Å². The van der Waals surface area contributed by atoms with E-state index in [9.17, 15) is 0 Å². The zero-order chi connectivity index (χ0) is 8.48. The molecule has 0 amide bonds. The molecule has 3 heteroatoms. The molecule has 0 aliphatic rings. The predicted octanol–water partition coefficient (Wildman–Crippen LogP) is 2.28. The summed E-state index contributed by atoms with van der Waals surface area (Å²) in [5, 5.41) is 0.758. The Labute approximate surface area is 76.7 Å². The van der Waals surface area contributed by atoms with Crippen molar-refractivity contribution in [2.24, 2.45) is 0 Å². The van der Waals surface area contributed by atoms with Gasteiger partial charge in [0.1, 0.15) is 0 Å². The molecule has 1 aromatic heterocycles. The molecule has 0 radical (unpaired) electrons. The molecule has 1 aromatic rings. The van der Waals surface area contributed by atoms with Crippen LogP contribution in [0.1, 0.15) is 0 Å². The van der Waals surface area contributed by atoms with E-state index in [2.05, 4.69) is 19.8 Å². The van der Waals surface area contributed by atoms with Crippen LogP contribution in [0.15, 0.2) is 18.5 Å². The van der Waals surface area contributed by atoms with E-state index in [1.807, 2.05) is 12.3 Å². The van der Waals surface area contributed by atoms with E-state index < -0.39 is 18.4 Å². The van der Waals surface area contributed by atoms with Gasteiger partial charge in [0.25, 0.3) is 0 Å². The molecule has 1 rings (SSSR count). The molecule has 0 N–H and O–H groups in total. The van der Waals surface area contributed by atoms with Gasteiger partial charge in [-0.25, -0.2) is 0 Å². The molecule has 0 fully saturated rings. The van der Waals surface area contributed by atoms with Crippen LogP contribution in [0.25, 0.3) is 0 Å². The van der Waals surface area contributed by atoms with E-state index >= 15 is 0 Å². The SMILES string of the molecule is [CH3][Sn]([CH3])([CH3])[c]1cncc(Cl)c1. The Bertz CT molecular complexity index is 255. The molecular weight excluding hydrogens is 264 g/mol. The number of halogens is 1. The third kappa shape index (κ3) is 2.64. The molecule has 0 aliphatic carbocycles. The zero-order valence-electron chi connectivity index (χ0n) is 7.06. The minimum atomic E-state index is -1.90. The number of hydrogen-bond acceptors (Lipinski definition) is 1. The molecule has 1 heterocycles. The normalized spacial score (nSPS) is 11.6. The molecule has 60 valence electrons. The fraction of sp³-hybridized carbons (Fsp3) is 0.375. The van der Waals surface area contributed by atoms with Gasteiger partial charge in [0, 0.05) is 0 Å². The van der Waals surface area contributed by atoms with Crippen LogP contribution in [0.5, 0.6) is 0 Å². The van der Waals surface area contributed by atoms with E-state index in [1.165, 1.54) is 3.58 Å².